The van der Waals surface area contributed by atoms with Crippen LogP contribution >= 0.6 is 0 Å². The minimum atomic E-state index is -0.942. The van der Waals surface area contributed by atoms with E-state index in [0.717, 1.165) is 0 Å². The van der Waals surface area contributed by atoms with Gasteiger partial charge >= 0.3 is 6.09 Å². The fourth-order valence-corrected chi connectivity index (χ4v) is 0.110. The van der Waals surface area contributed by atoms with Gasteiger partial charge in [-0.25, -0.2) is 4.79 Å². The molecule has 5 heteroatoms. The molecule has 0 heterocycles. The van der Waals surface area contributed by atoms with Gasteiger partial charge in [0.2, 0.25) is 0 Å². The third kappa shape index (κ3) is 2.84. The summed E-state index contributed by atoms with van der Waals surface area (Å²) in [7, 11) is 1.41. The van der Waals surface area contributed by atoms with Crippen molar-refractivity contribution < 1.29 is 9.63 Å². The van der Waals surface area contributed by atoms with Crippen molar-refractivity contribution in [2.45, 2.75) is 0 Å². The molecule has 0 aliphatic heterocycles. The van der Waals surface area contributed by atoms with E-state index in [1.54, 1.807) is 0 Å². The lowest BCUT2D eigenvalue weighted by molar-refractivity contribution is 0.110. The first kappa shape index (κ1) is 6.03. The van der Waals surface area contributed by atoms with Crippen LogP contribution in [0.5, 0.6) is 0 Å². The molecule has 0 fully saturated rings. The second kappa shape index (κ2) is 3.23. The van der Waals surface area contributed by atoms with Gasteiger partial charge in [-0.1, -0.05) is 5.11 Å². The van der Waals surface area contributed by atoms with Gasteiger partial charge in [-0.3, -0.25) is 0 Å². The Morgan fingerprint density at radius 3 is 2.71 bits per heavy atom. The monoisotopic (exact) mass is 103 g/mol. The molecule has 0 rings (SSSR count). The molecule has 2 N–H and O–H groups in total. The Morgan fingerprint density at radius 1 is 2.00 bits per heavy atom. The highest BCUT2D eigenvalue weighted by Crippen LogP contribution is 1.73. The quantitative estimate of drug-likeness (QED) is 0.370. The van der Waals surface area contributed by atoms with E-state index < -0.39 is 6.09 Å². The molecule has 1 amide bonds. The summed E-state index contributed by atoms with van der Waals surface area (Å²) in [5, 5.41) is 2.40. The minimum absolute atomic E-state index is 0.942. The molecule has 0 aromatic rings. The highest BCUT2D eigenvalue weighted by atomic mass is 16.7. The number of nitrogens with zero attached hydrogens (tertiary/aromatic N) is 1. The molecule has 0 bridgehead atoms. The van der Waals surface area contributed by atoms with Gasteiger partial charge in [0.25, 0.3) is 0 Å². The van der Waals surface area contributed by atoms with Crippen LogP contribution in [0.25, 0.3) is 0 Å². The summed E-state index contributed by atoms with van der Waals surface area (Å²) in [6, 6.07) is 0. The van der Waals surface area contributed by atoms with Crippen LogP contribution in [0.1, 0.15) is 0 Å². The molecule has 40 valence electrons. The number of nitrogens with one attached hydrogen (secondary N) is 2. The van der Waals surface area contributed by atoms with E-state index in [1.807, 2.05) is 0 Å². The third-order valence-electron chi connectivity index (χ3n) is 0.281. The van der Waals surface area contributed by atoms with Gasteiger partial charge in [0, 0.05) is 7.05 Å². The zero-order valence-corrected chi connectivity index (χ0v) is 3.76. The molecule has 7 heavy (non-hydrogen) atoms. The zero-order valence-electron chi connectivity index (χ0n) is 3.76. The van der Waals surface area contributed by atoms with E-state index in [-0.39, 0.29) is 0 Å². The van der Waals surface area contributed by atoms with E-state index in [9.17, 15) is 4.79 Å². The molecule has 5 nitrogen and oxygen atoms in total. The number of amides is 1. The molecular formula is C2H5N3O2. The maximum absolute atomic E-state index is 9.77. The van der Waals surface area contributed by atoms with Gasteiger partial charge < -0.3 is 4.84 Å². The summed E-state index contributed by atoms with van der Waals surface area (Å²) in [4.78, 5) is 13.7. The Bertz CT molecular complexity index is 81.0. The molecule has 0 unspecified atom stereocenters. The molecule has 0 aliphatic carbocycles. The molecule has 0 radical (unpaired) electrons. The first-order chi connectivity index (χ1) is 3.31. The van der Waals surface area contributed by atoms with Crippen molar-refractivity contribution in [1.29, 1.82) is 5.53 Å². The van der Waals surface area contributed by atoms with Crippen molar-refractivity contribution in [3.63, 3.8) is 0 Å². The molecule has 0 aromatic carbocycles. The number of hydrogen-bond acceptors (Lipinski definition) is 4. The van der Waals surface area contributed by atoms with Crippen molar-refractivity contribution in [2.75, 3.05) is 7.05 Å². The Morgan fingerprint density at radius 2 is 2.57 bits per heavy atom. The van der Waals surface area contributed by atoms with E-state index in [1.165, 1.54) is 7.05 Å². The van der Waals surface area contributed by atoms with Gasteiger partial charge in [-0.2, -0.15) is 11.0 Å². The molecular weight excluding hydrogens is 98.0 g/mol. The van der Waals surface area contributed by atoms with E-state index in [0.29, 0.717) is 0 Å². The Labute approximate surface area is 40.1 Å². The smallest absolute Gasteiger partial charge is 0.351 e. The van der Waals surface area contributed by atoms with Crippen LogP contribution in [0.2, 0.25) is 0 Å². The Balaban J connectivity index is 3.17. The van der Waals surface area contributed by atoms with Crippen LogP contribution in [-0.2, 0) is 4.84 Å². The summed E-state index contributed by atoms with van der Waals surface area (Å²) in [6.45, 7) is 0. The predicted octanol–water partition coefficient (Wildman–Crippen LogP) is 0.288. The predicted molar refractivity (Wildman–Crippen MR) is 20.7 cm³/mol. The molecule has 0 atom stereocenters. The molecule has 0 saturated carbocycles. The fourth-order valence-electron chi connectivity index (χ4n) is 0.110. The van der Waals surface area contributed by atoms with E-state index in [2.05, 4.69) is 15.4 Å². The standard InChI is InChI=1S/C2H5N3O2/c1-4-7-2(6)5-3/h3-4H,1H3. The Hall–Kier alpha value is -0.970. The lowest BCUT2D eigenvalue weighted by Crippen LogP contribution is -2.10. The summed E-state index contributed by atoms with van der Waals surface area (Å²) in [5.74, 6) is 0. The Kier molecular flexibility index (Phi) is 2.78. The number of rotatable bonds is 1. The van der Waals surface area contributed by atoms with Crippen molar-refractivity contribution in [3.8, 4) is 0 Å². The highest BCUT2D eigenvalue weighted by Gasteiger charge is 1.91. The zero-order chi connectivity index (χ0) is 5.70. The SMILES string of the molecule is CNOC(=O)N=N. The van der Waals surface area contributed by atoms with Crippen LogP contribution in [0.4, 0.5) is 4.79 Å². The topological polar surface area (TPSA) is 74.5 Å². The largest absolute Gasteiger partial charge is 0.470 e. The van der Waals surface area contributed by atoms with Crippen molar-refractivity contribution in [3.05, 3.63) is 0 Å². The molecule has 0 aliphatic rings. The normalized spacial score (nSPS) is 7.57. The minimum Gasteiger partial charge on any atom is -0.351 e. The van der Waals surface area contributed by atoms with Crippen molar-refractivity contribution in [2.24, 2.45) is 5.11 Å². The summed E-state index contributed by atoms with van der Waals surface area (Å²) >= 11 is 0. The number of hydrogen-bond donors (Lipinski definition) is 2. The maximum Gasteiger partial charge on any atom is 0.470 e. The second-order valence-corrected chi connectivity index (χ2v) is 0.684. The van der Waals surface area contributed by atoms with Gasteiger partial charge in [0.1, 0.15) is 0 Å². The summed E-state index contributed by atoms with van der Waals surface area (Å²) < 4.78 is 0. The van der Waals surface area contributed by atoms with Crippen LogP contribution in [0.3, 0.4) is 0 Å². The first-order valence-electron chi connectivity index (χ1n) is 1.56. The van der Waals surface area contributed by atoms with Gasteiger partial charge in [-0.15, -0.1) is 0 Å². The summed E-state index contributed by atoms with van der Waals surface area (Å²) in [6.07, 6.45) is -0.942. The van der Waals surface area contributed by atoms with E-state index in [4.69, 9.17) is 5.53 Å². The van der Waals surface area contributed by atoms with Gasteiger partial charge in [0.05, 0.1) is 0 Å². The molecule has 0 aromatic heterocycles. The van der Waals surface area contributed by atoms with Crippen molar-refractivity contribution >= 4 is 6.09 Å². The van der Waals surface area contributed by atoms with Gasteiger partial charge in [0.15, 0.2) is 0 Å². The molecule has 0 spiro atoms. The fraction of sp³-hybridized carbons (Fsp3) is 0.500. The highest BCUT2D eigenvalue weighted by molar-refractivity contribution is 5.66. The van der Waals surface area contributed by atoms with Gasteiger partial charge in [-0.05, 0) is 0 Å². The number of carbonyl (C=O) groups is 1. The lowest BCUT2D eigenvalue weighted by atomic mass is 11.3. The van der Waals surface area contributed by atoms with Crippen LogP contribution < -0.4 is 5.48 Å². The van der Waals surface area contributed by atoms with E-state index >= 15 is 0 Å². The van der Waals surface area contributed by atoms with Crippen LogP contribution in [-0.4, -0.2) is 13.1 Å². The first-order valence-corrected chi connectivity index (χ1v) is 1.56. The lowest BCUT2D eigenvalue weighted by Gasteiger charge is -1.89. The number of carbonyl (C=O) groups excluding carboxylic acids is 1. The average molecular weight is 103 g/mol. The van der Waals surface area contributed by atoms with Crippen LogP contribution in [0, 0.1) is 5.53 Å². The number of hydroxylamine groups is 1. The van der Waals surface area contributed by atoms with Crippen molar-refractivity contribution in [1.82, 2.24) is 5.48 Å². The average Bonchev–Trinajstić information content (AvgIpc) is 1.68. The third-order valence-corrected chi connectivity index (χ3v) is 0.281. The second-order valence-electron chi connectivity index (χ2n) is 0.684. The molecule has 0 saturated heterocycles. The van der Waals surface area contributed by atoms with Crippen LogP contribution in [0.15, 0.2) is 5.11 Å². The maximum atomic E-state index is 9.77. The summed E-state index contributed by atoms with van der Waals surface area (Å²) in [5.41, 5.74) is 8.08.